The van der Waals surface area contributed by atoms with Gasteiger partial charge in [0.05, 0.1) is 10.5 Å². The third-order valence-electron chi connectivity index (χ3n) is 4.39. The maximum Gasteiger partial charge on any atom is 0.488 e. The Bertz CT molecular complexity index is 1140. The Kier molecular flexibility index (Phi) is 7.15. The van der Waals surface area contributed by atoms with Crippen molar-refractivity contribution >= 4 is 52.6 Å². The summed E-state index contributed by atoms with van der Waals surface area (Å²) in [5.74, 6) is -1.48. The summed E-state index contributed by atoms with van der Waals surface area (Å²) in [7, 11) is -2.02. The summed E-state index contributed by atoms with van der Waals surface area (Å²) in [4.78, 5) is 36.4. The van der Waals surface area contributed by atoms with Crippen LogP contribution in [0.25, 0.3) is 0 Å². The molecule has 0 saturated heterocycles. The lowest BCUT2D eigenvalue weighted by Gasteiger charge is -2.19. The molecule has 156 valence electrons. The molecule has 0 fully saturated rings. The summed E-state index contributed by atoms with van der Waals surface area (Å²) in [5.41, 5.74) is -0.267. The van der Waals surface area contributed by atoms with Gasteiger partial charge in [0, 0.05) is 26.8 Å². The fraction of sp³-hybridized carbons (Fsp3) is 0.0476. The van der Waals surface area contributed by atoms with Crippen LogP contribution in [0.15, 0.2) is 72.8 Å². The zero-order chi connectivity index (χ0) is 22.5. The van der Waals surface area contributed by atoms with E-state index in [1.807, 2.05) is 22.6 Å². The predicted octanol–water partition coefficient (Wildman–Crippen LogP) is 2.66. The first kappa shape index (κ1) is 22.6. The average molecular weight is 531 g/mol. The van der Waals surface area contributed by atoms with Gasteiger partial charge in [-0.2, -0.15) is 0 Å². The molecule has 0 aliphatic heterocycles. The number of carbonyl (C=O) groups excluding carboxylic acids is 2. The van der Waals surface area contributed by atoms with Crippen LogP contribution in [0.5, 0.6) is 0 Å². The van der Waals surface area contributed by atoms with E-state index in [0.717, 1.165) is 18.2 Å². The molecule has 0 radical (unpaired) electrons. The molecule has 3 aromatic rings. The fourth-order valence-electron chi connectivity index (χ4n) is 2.88. The molecule has 0 bridgehead atoms. The van der Waals surface area contributed by atoms with Crippen LogP contribution in [0.4, 0.5) is 5.69 Å². The van der Waals surface area contributed by atoms with Gasteiger partial charge in [-0.25, -0.2) is 4.79 Å². The molecule has 0 spiro atoms. The standard InChI is InChI=1S/C21H15BINO7/c23-18-9-5-4-8-17(18)20(19(25)13-6-2-1-3-7-13)31-21(26)14-10-15(22(27)28)12-16(11-14)24(29)30/h1-12,20,27-28H. The van der Waals surface area contributed by atoms with Gasteiger partial charge < -0.3 is 14.8 Å². The molecule has 0 saturated carbocycles. The number of hydrogen-bond acceptors (Lipinski definition) is 7. The molecule has 0 amide bonds. The number of hydrogen-bond donors (Lipinski definition) is 2. The first-order chi connectivity index (χ1) is 14.8. The van der Waals surface area contributed by atoms with Crippen molar-refractivity contribution in [3.05, 3.63) is 103 Å². The van der Waals surface area contributed by atoms with Crippen molar-refractivity contribution in [2.24, 2.45) is 0 Å². The number of esters is 1. The molecule has 0 aliphatic carbocycles. The van der Waals surface area contributed by atoms with Crippen LogP contribution in [0.1, 0.15) is 32.4 Å². The topological polar surface area (TPSA) is 127 Å². The molecule has 0 heterocycles. The van der Waals surface area contributed by atoms with Gasteiger partial charge in [-0.05, 0) is 40.2 Å². The molecule has 1 atom stereocenters. The van der Waals surface area contributed by atoms with E-state index < -0.39 is 35.6 Å². The summed E-state index contributed by atoms with van der Waals surface area (Å²) in [6, 6.07) is 18.1. The molecule has 0 aliphatic rings. The van der Waals surface area contributed by atoms with E-state index in [1.165, 1.54) is 0 Å². The number of benzene rings is 3. The van der Waals surface area contributed by atoms with Gasteiger partial charge in [0.15, 0.2) is 6.10 Å². The van der Waals surface area contributed by atoms with Gasteiger partial charge in [0.1, 0.15) is 0 Å². The van der Waals surface area contributed by atoms with E-state index in [2.05, 4.69) is 0 Å². The number of ketones is 1. The highest BCUT2D eigenvalue weighted by Gasteiger charge is 2.29. The van der Waals surface area contributed by atoms with Crippen LogP contribution in [0.2, 0.25) is 0 Å². The highest BCUT2D eigenvalue weighted by molar-refractivity contribution is 14.1. The Morgan fingerprint density at radius 2 is 1.61 bits per heavy atom. The minimum atomic E-state index is -2.02. The van der Waals surface area contributed by atoms with Gasteiger partial charge in [0.25, 0.3) is 5.69 Å². The van der Waals surface area contributed by atoms with Crippen LogP contribution >= 0.6 is 22.6 Å². The molecule has 10 heteroatoms. The first-order valence-corrected chi connectivity index (χ1v) is 10.1. The van der Waals surface area contributed by atoms with Gasteiger partial charge in [-0.3, -0.25) is 14.9 Å². The lowest BCUT2D eigenvalue weighted by molar-refractivity contribution is -0.384. The summed E-state index contributed by atoms with van der Waals surface area (Å²) in [6.45, 7) is 0. The van der Waals surface area contributed by atoms with E-state index in [1.54, 1.807) is 54.6 Å². The van der Waals surface area contributed by atoms with Gasteiger partial charge in [-0.15, -0.1) is 0 Å². The Labute approximate surface area is 190 Å². The summed E-state index contributed by atoms with van der Waals surface area (Å²) in [6.07, 6.45) is -1.30. The molecular formula is C21H15BINO7. The van der Waals surface area contributed by atoms with Gasteiger partial charge in [-0.1, -0.05) is 48.5 Å². The van der Waals surface area contributed by atoms with Crippen molar-refractivity contribution in [2.45, 2.75) is 6.10 Å². The number of Topliss-reactive ketones (excluding diaryl/α,β-unsaturated/α-hetero) is 1. The number of rotatable bonds is 7. The first-order valence-electron chi connectivity index (χ1n) is 8.98. The fourth-order valence-corrected chi connectivity index (χ4v) is 3.55. The van der Waals surface area contributed by atoms with E-state index in [9.17, 15) is 29.8 Å². The maximum absolute atomic E-state index is 13.1. The molecule has 31 heavy (non-hydrogen) atoms. The number of nitrogens with zero attached hydrogens (tertiary/aromatic N) is 1. The summed E-state index contributed by atoms with van der Waals surface area (Å²) >= 11 is 2.02. The second-order valence-corrected chi connectivity index (χ2v) is 7.64. The van der Waals surface area contributed by atoms with Crippen molar-refractivity contribution in [1.82, 2.24) is 0 Å². The van der Waals surface area contributed by atoms with Crippen LogP contribution < -0.4 is 5.46 Å². The number of ether oxygens (including phenoxy) is 1. The summed E-state index contributed by atoms with van der Waals surface area (Å²) in [5, 5.41) is 30.0. The number of carbonyl (C=O) groups is 2. The van der Waals surface area contributed by atoms with Gasteiger partial charge in [0.2, 0.25) is 5.78 Å². The molecule has 3 rings (SSSR count). The predicted molar refractivity (Wildman–Crippen MR) is 121 cm³/mol. The summed E-state index contributed by atoms with van der Waals surface area (Å²) < 4.78 is 6.20. The smallest absolute Gasteiger partial charge is 0.445 e. The molecule has 8 nitrogen and oxygen atoms in total. The zero-order valence-electron chi connectivity index (χ0n) is 15.8. The number of non-ortho nitro benzene ring substituents is 1. The third kappa shape index (κ3) is 5.34. The Morgan fingerprint density at radius 1 is 0.968 bits per heavy atom. The maximum atomic E-state index is 13.1. The Balaban J connectivity index is 2.02. The second-order valence-electron chi connectivity index (χ2n) is 6.48. The van der Waals surface area contributed by atoms with Crippen molar-refractivity contribution in [1.29, 1.82) is 0 Å². The quantitative estimate of drug-likeness (QED) is 0.120. The largest absolute Gasteiger partial charge is 0.488 e. The van der Waals surface area contributed by atoms with Crippen LogP contribution in [-0.4, -0.2) is 33.8 Å². The zero-order valence-corrected chi connectivity index (χ0v) is 18.0. The highest BCUT2D eigenvalue weighted by Crippen LogP contribution is 2.28. The minimum absolute atomic E-state index is 0.249. The number of halogens is 1. The van der Waals surface area contributed by atoms with Crippen molar-refractivity contribution in [2.75, 3.05) is 0 Å². The van der Waals surface area contributed by atoms with Crippen molar-refractivity contribution in [3.63, 3.8) is 0 Å². The lowest BCUT2D eigenvalue weighted by atomic mass is 9.79. The molecule has 3 aromatic carbocycles. The molecule has 2 N–H and O–H groups in total. The van der Waals surface area contributed by atoms with E-state index in [0.29, 0.717) is 14.7 Å². The third-order valence-corrected chi connectivity index (χ3v) is 5.38. The normalized spacial score (nSPS) is 11.5. The average Bonchev–Trinajstić information content (AvgIpc) is 2.77. The molecule has 1 unspecified atom stereocenters. The number of nitro groups is 1. The van der Waals surface area contributed by atoms with Crippen LogP contribution in [0.3, 0.4) is 0 Å². The molecular weight excluding hydrogens is 516 g/mol. The van der Waals surface area contributed by atoms with Crippen molar-refractivity contribution < 1.29 is 29.3 Å². The van der Waals surface area contributed by atoms with E-state index >= 15 is 0 Å². The van der Waals surface area contributed by atoms with E-state index in [4.69, 9.17) is 4.74 Å². The van der Waals surface area contributed by atoms with Crippen LogP contribution in [0, 0.1) is 13.7 Å². The van der Waals surface area contributed by atoms with Crippen LogP contribution in [-0.2, 0) is 4.74 Å². The Hall–Kier alpha value is -3.09. The second kappa shape index (κ2) is 9.81. The lowest BCUT2D eigenvalue weighted by Crippen LogP contribution is -2.31. The minimum Gasteiger partial charge on any atom is -0.445 e. The highest BCUT2D eigenvalue weighted by atomic mass is 127. The monoisotopic (exact) mass is 531 g/mol. The SMILES string of the molecule is O=C(OC(C(=O)c1ccccc1)c1ccccc1I)c1cc(B(O)O)cc([N+](=O)[O-])c1. The number of nitro benzene ring substituents is 1. The van der Waals surface area contributed by atoms with Crippen molar-refractivity contribution in [3.8, 4) is 0 Å². The van der Waals surface area contributed by atoms with Gasteiger partial charge >= 0.3 is 13.1 Å². The molecule has 0 aromatic heterocycles. The van der Waals surface area contributed by atoms with E-state index in [-0.39, 0.29) is 11.0 Å². The Morgan fingerprint density at radius 3 is 2.23 bits per heavy atom.